The first-order chi connectivity index (χ1) is 15.6. The van der Waals surface area contributed by atoms with Crippen molar-refractivity contribution in [3.05, 3.63) is 83.1 Å². The van der Waals surface area contributed by atoms with Crippen molar-refractivity contribution in [2.45, 2.75) is 33.1 Å². The van der Waals surface area contributed by atoms with Gasteiger partial charge in [-0.25, -0.2) is 4.79 Å². The topological polar surface area (TPSA) is 57.3 Å². The molecule has 5 nitrogen and oxygen atoms in total. The Morgan fingerprint density at radius 3 is 2.69 bits per heavy atom. The van der Waals surface area contributed by atoms with E-state index in [1.165, 1.54) is 11.1 Å². The third-order valence-electron chi connectivity index (χ3n) is 6.01. The smallest absolute Gasteiger partial charge is 0.319 e. The Hall–Kier alpha value is -3.18. The van der Waals surface area contributed by atoms with Crippen LogP contribution >= 0.6 is 0 Å². The number of carbonyl (C=O) groups excluding carboxylic acids is 1. The van der Waals surface area contributed by atoms with Crippen LogP contribution in [-0.4, -0.2) is 42.1 Å². The van der Waals surface area contributed by atoms with Crippen LogP contribution in [0.4, 0.5) is 10.5 Å². The predicted octanol–water partition coefficient (Wildman–Crippen LogP) is 5.24. The SMILES string of the molecule is Cc1cccc(CC=C2CCN(CCNC(=O)Nc3cc(C)nc4ccccc34)CC2)c1. The van der Waals surface area contributed by atoms with Crippen molar-refractivity contribution in [1.82, 2.24) is 15.2 Å². The molecule has 3 aromatic rings. The summed E-state index contributed by atoms with van der Waals surface area (Å²) in [7, 11) is 0. The van der Waals surface area contributed by atoms with Crippen LogP contribution in [0.2, 0.25) is 0 Å². The van der Waals surface area contributed by atoms with Crippen molar-refractivity contribution in [3.8, 4) is 0 Å². The van der Waals surface area contributed by atoms with Gasteiger partial charge in [0.05, 0.1) is 11.2 Å². The number of hydrogen-bond donors (Lipinski definition) is 2. The molecule has 0 unspecified atom stereocenters. The van der Waals surface area contributed by atoms with E-state index in [9.17, 15) is 4.79 Å². The monoisotopic (exact) mass is 428 g/mol. The molecular formula is C27H32N4O. The minimum atomic E-state index is -0.170. The number of carbonyl (C=O) groups is 1. The van der Waals surface area contributed by atoms with Crippen LogP contribution < -0.4 is 10.6 Å². The van der Waals surface area contributed by atoms with Gasteiger partial charge in [-0.1, -0.05) is 59.7 Å². The molecule has 5 heteroatoms. The normalized spacial score (nSPS) is 14.4. The highest BCUT2D eigenvalue weighted by Gasteiger charge is 2.14. The molecule has 0 radical (unpaired) electrons. The molecule has 0 bridgehead atoms. The van der Waals surface area contributed by atoms with Gasteiger partial charge in [-0.3, -0.25) is 4.98 Å². The van der Waals surface area contributed by atoms with E-state index in [1.807, 2.05) is 37.3 Å². The second-order valence-corrected chi connectivity index (χ2v) is 8.61. The summed E-state index contributed by atoms with van der Waals surface area (Å²) in [4.78, 5) is 19.4. The largest absolute Gasteiger partial charge is 0.337 e. The molecule has 1 saturated heterocycles. The van der Waals surface area contributed by atoms with Gasteiger partial charge in [0.2, 0.25) is 0 Å². The van der Waals surface area contributed by atoms with E-state index >= 15 is 0 Å². The van der Waals surface area contributed by atoms with Gasteiger partial charge >= 0.3 is 6.03 Å². The number of pyridine rings is 1. The average molecular weight is 429 g/mol. The maximum Gasteiger partial charge on any atom is 0.319 e. The molecule has 166 valence electrons. The fourth-order valence-corrected chi connectivity index (χ4v) is 4.27. The lowest BCUT2D eigenvalue weighted by Crippen LogP contribution is -2.39. The van der Waals surface area contributed by atoms with E-state index in [4.69, 9.17) is 0 Å². The number of rotatable bonds is 6. The highest BCUT2D eigenvalue weighted by molar-refractivity contribution is 6.00. The second kappa shape index (κ2) is 10.4. The Kier molecular flexibility index (Phi) is 7.17. The Bertz CT molecular complexity index is 1110. The number of amides is 2. The van der Waals surface area contributed by atoms with Crippen molar-refractivity contribution in [2.24, 2.45) is 0 Å². The van der Waals surface area contributed by atoms with Gasteiger partial charge in [0.15, 0.2) is 0 Å². The zero-order valence-corrected chi connectivity index (χ0v) is 19.0. The molecule has 0 aliphatic carbocycles. The number of piperidine rings is 1. The summed E-state index contributed by atoms with van der Waals surface area (Å²) in [5.74, 6) is 0. The van der Waals surface area contributed by atoms with E-state index in [0.29, 0.717) is 6.54 Å². The minimum Gasteiger partial charge on any atom is -0.337 e. The molecule has 2 heterocycles. The Morgan fingerprint density at radius 1 is 1.06 bits per heavy atom. The lowest BCUT2D eigenvalue weighted by molar-refractivity contribution is 0.240. The highest BCUT2D eigenvalue weighted by atomic mass is 16.2. The predicted molar refractivity (Wildman–Crippen MR) is 132 cm³/mol. The summed E-state index contributed by atoms with van der Waals surface area (Å²) in [6, 6.07) is 18.3. The molecule has 1 aromatic heterocycles. The standard InChI is InChI=1S/C27H32N4O/c1-20-6-5-7-23(18-20)11-10-22-12-15-31(16-13-22)17-14-28-27(32)30-26-19-21(2)29-25-9-4-3-8-24(25)26/h3-10,18-19H,11-17H2,1-2H3,(H2,28,29,30,32). The zero-order valence-electron chi connectivity index (χ0n) is 19.0. The summed E-state index contributed by atoms with van der Waals surface area (Å²) in [6.45, 7) is 7.69. The van der Waals surface area contributed by atoms with Gasteiger partial charge < -0.3 is 15.5 Å². The molecule has 2 amide bonds. The number of allylic oxidation sites excluding steroid dienone is 1. The molecule has 0 spiro atoms. The maximum absolute atomic E-state index is 12.4. The number of anilines is 1. The van der Waals surface area contributed by atoms with Crippen molar-refractivity contribution < 1.29 is 4.79 Å². The van der Waals surface area contributed by atoms with Crippen molar-refractivity contribution in [2.75, 3.05) is 31.5 Å². The summed E-state index contributed by atoms with van der Waals surface area (Å²) < 4.78 is 0. The number of para-hydroxylation sites is 1. The summed E-state index contributed by atoms with van der Waals surface area (Å²) >= 11 is 0. The Morgan fingerprint density at radius 2 is 1.88 bits per heavy atom. The van der Waals surface area contributed by atoms with Crippen LogP contribution in [0.1, 0.15) is 29.7 Å². The van der Waals surface area contributed by atoms with Gasteiger partial charge in [0.25, 0.3) is 0 Å². The van der Waals surface area contributed by atoms with Crippen molar-refractivity contribution in [1.29, 1.82) is 0 Å². The number of fused-ring (bicyclic) bond motifs is 1. The first kappa shape index (κ1) is 22.0. The molecular weight excluding hydrogens is 396 g/mol. The third kappa shape index (κ3) is 5.95. The fraction of sp³-hybridized carbons (Fsp3) is 0.333. The van der Waals surface area contributed by atoms with Crippen LogP contribution in [-0.2, 0) is 6.42 Å². The van der Waals surface area contributed by atoms with Gasteiger partial charge in [-0.15, -0.1) is 0 Å². The number of aromatic nitrogens is 1. The number of aryl methyl sites for hydroxylation is 2. The first-order valence-corrected chi connectivity index (χ1v) is 11.4. The molecule has 0 saturated carbocycles. The molecule has 1 aliphatic rings. The number of benzene rings is 2. The van der Waals surface area contributed by atoms with Crippen LogP contribution in [0, 0.1) is 13.8 Å². The van der Waals surface area contributed by atoms with E-state index in [0.717, 1.165) is 61.2 Å². The third-order valence-corrected chi connectivity index (χ3v) is 6.01. The molecule has 1 fully saturated rings. The first-order valence-electron chi connectivity index (χ1n) is 11.4. The van der Waals surface area contributed by atoms with Crippen LogP contribution in [0.15, 0.2) is 66.2 Å². The number of urea groups is 1. The van der Waals surface area contributed by atoms with Gasteiger partial charge in [-0.05, 0) is 50.8 Å². The fourth-order valence-electron chi connectivity index (χ4n) is 4.27. The van der Waals surface area contributed by atoms with E-state index in [1.54, 1.807) is 5.57 Å². The van der Waals surface area contributed by atoms with Crippen LogP contribution in [0.25, 0.3) is 10.9 Å². The quantitative estimate of drug-likeness (QED) is 0.528. The number of likely N-dealkylation sites (tertiary alicyclic amines) is 1. The maximum atomic E-state index is 12.4. The van der Waals surface area contributed by atoms with Gasteiger partial charge in [0, 0.05) is 37.3 Å². The van der Waals surface area contributed by atoms with Crippen LogP contribution in [0.3, 0.4) is 0 Å². The number of nitrogens with one attached hydrogen (secondary N) is 2. The minimum absolute atomic E-state index is 0.170. The summed E-state index contributed by atoms with van der Waals surface area (Å²) in [5, 5.41) is 6.94. The van der Waals surface area contributed by atoms with Crippen molar-refractivity contribution >= 4 is 22.6 Å². The summed E-state index contributed by atoms with van der Waals surface area (Å²) in [5.41, 5.74) is 6.83. The zero-order chi connectivity index (χ0) is 22.3. The molecule has 0 atom stereocenters. The molecule has 2 N–H and O–H groups in total. The molecule has 1 aliphatic heterocycles. The lowest BCUT2D eigenvalue weighted by atomic mass is 10.0. The highest BCUT2D eigenvalue weighted by Crippen LogP contribution is 2.22. The van der Waals surface area contributed by atoms with Crippen molar-refractivity contribution in [3.63, 3.8) is 0 Å². The average Bonchev–Trinajstić information content (AvgIpc) is 2.78. The molecule has 2 aromatic carbocycles. The van der Waals surface area contributed by atoms with E-state index in [-0.39, 0.29) is 6.03 Å². The molecule has 4 rings (SSSR count). The molecule has 32 heavy (non-hydrogen) atoms. The number of hydrogen-bond acceptors (Lipinski definition) is 3. The Balaban J connectivity index is 1.20. The van der Waals surface area contributed by atoms with Crippen LogP contribution in [0.5, 0.6) is 0 Å². The Labute approximate surface area is 190 Å². The van der Waals surface area contributed by atoms with E-state index in [2.05, 4.69) is 57.8 Å². The van der Waals surface area contributed by atoms with Gasteiger partial charge in [0.1, 0.15) is 0 Å². The van der Waals surface area contributed by atoms with E-state index < -0.39 is 0 Å². The second-order valence-electron chi connectivity index (χ2n) is 8.61. The number of nitrogens with zero attached hydrogens (tertiary/aromatic N) is 2. The van der Waals surface area contributed by atoms with Gasteiger partial charge in [-0.2, -0.15) is 0 Å². The summed E-state index contributed by atoms with van der Waals surface area (Å²) in [6.07, 6.45) is 5.64. The lowest BCUT2D eigenvalue weighted by Gasteiger charge is -2.28.